The Morgan fingerprint density at radius 3 is 2.15 bits per heavy atom. The molecule has 26 heavy (non-hydrogen) atoms. The van der Waals surface area contributed by atoms with Crippen LogP contribution in [0.3, 0.4) is 0 Å². The number of aryl methyl sites for hydroxylation is 1. The molecule has 9 heteroatoms. The van der Waals surface area contributed by atoms with Gasteiger partial charge in [0.25, 0.3) is 5.91 Å². The SMILES string of the molecule is Cc1cc(C(=O)N2CCN(c3ccc(N4CCOCC4)nn3)CC2)n[nH]1. The van der Waals surface area contributed by atoms with E-state index < -0.39 is 0 Å². The van der Waals surface area contributed by atoms with Crippen molar-refractivity contribution in [3.05, 3.63) is 29.6 Å². The molecule has 0 unspecified atom stereocenters. The number of rotatable bonds is 3. The van der Waals surface area contributed by atoms with Gasteiger partial charge in [0.05, 0.1) is 13.2 Å². The number of ether oxygens (including phenoxy) is 1. The highest BCUT2D eigenvalue weighted by Gasteiger charge is 2.24. The normalized spacial score (nSPS) is 18.3. The average Bonchev–Trinajstić information content (AvgIpc) is 3.15. The van der Waals surface area contributed by atoms with Crippen LogP contribution in [0.2, 0.25) is 0 Å². The van der Waals surface area contributed by atoms with Crippen LogP contribution in [0.5, 0.6) is 0 Å². The molecule has 0 saturated carbocycles. The highest BCUT2D eigenvalue weighted by atomic mass is 16.5. The van der Waals surface area contributed by atoms with Crippen molar-refractivity contribution in [2.24, 2.45) is 0 Å². The summed E-state index contributed by atoms with van der Waals surface area (Å²) in [7, 11) is 0. The summed E-state index contributed by atoms with van der Waals surface area (Å²) in [6.45, 7) is 7.82. The molecule has 2 aromatic rings. The Morgan fingerprint density at radius 1 is 1.00 bits per heavy atom. The first kappa shape index (κ1) is 16.8. The lowest BCUT2D eigenvalue weighted by atomic mass is 10.2. The average molecular weight is 357 g/mol. The molecule has 0 aliphatic carbocycles. The van der Waals surface area contributed by atoms with Gasteiger partial charge in [0.1, 0.15) is 5.69 Å². The predicted molar refractivity (Wildman–Crippen MR) is 96.5 cm³/mol. The Balaban J connectivity index is 1.35. The van der Waals surface area contributed by atoms with E-state index in [1.807, 2.05) is 24.0 Å². The molecular formula is C17H23N7O2. The Bertz CT molecular complexity index is 747. The number of piperazine rings is 1. The second-order valence-electron chi connectivity index (χ2n) is 6.56. The molecular weight excluding hydrogens is 334 g/mol. The third-order valence-corrected chi connectivity index (χ3v) is 4.79. The minimum absolute atomic E-state index is 0.0252. The maximum Gasteiger partial charge on any atom is 0.274 e. The predicted octanol–water partition coefficient (Wildman–Crippen LogP) is 0.307. The first-order valence-corrected chi connectivity index (χ1v) is 8.93. The molecule has 9 nitrogen and oxygen atoms in total. The van der Waals surface area contributed by atoms with E-state index in [1.165, 1.54) is 0 Å². The van der Waals surface area contributed by atoms with Crippen LogP contribution < -0.4 is 9.80 Å². The van der Waals surface area contributed by atoms with E-state index in [0.717, 1.165) is 56.7 Å². The van der Waals surface area contributed by atoms with Gasteiger partial charge in [-0.05, 0) is 25.1 Å². The molecule has 1 amide bonds. The zero-order valence-electron chi connectivity index (χ0n) is 14.9. The van der Waals surface area contributed by atoms with Crippen LogP contribution in [0.4, 0.5) is 11.6 Å². The summed E-state index contributed by atoms with van der Waals surface area (Å²) in [5.74, 6) is 1.72. The van der Waals surface area contributed by atoms with E-state index in [0.29, 0.717) is 18.8 Å². The zero-order valence-corrected chi connectivity index (χ0v) is 14.9. The smallest absolute Gasteiger partial charge is 0.274 e. The number of aromatic amines is 1. The number of nitrogens with one attached hydrogen (secondary N) is 1. The van der Waals surface area contributed by atoms with Gasteiger partial charge in [0, 0.05) is 45.0 Å². The Hall–Kier alpha value is -2.68. The monoisotopic (exact) mass is 357 g/mol. The van der Waals surface area contributed by atoms with E-state index in [1.54, 1.807) is 6.07 Å². The maximum atomic E-state index is 12.5. The van der Waals surface area contributed by atoms with Crippen LogP contribution in [0, 0.1) is 6.92 Å². The number of amides is 1. The van der Waals surface area contributed by atoms with Gasteiger partial charge in [-0.2, -0.15) is 5.10 Å². The number of carbonyl (C=O) groups excluding carboxylic acids is 1. The molecule has 0 radical (unpaired) electrons. The summed E-state index contributed by atoms with van der Waals surface area (Å²) in [4.78, 5) is 18.6. The number of nitrogens with zero attached hydrogens (tertiary/aromatic N) is 6. The second-order valence-corrected chi connectivity index (χ2v) is 6.56. The van der Waals surface area contributed by atoms with Crippen LogP contribution in [0.25, 0.3) is 0 Å². The highest BCUT2D eigenvalue weighted by Crippen LogP contribution is 2.18. The van der Waals surface area contributed by atoms with Gasteiger partial charge >= 0.3 is 0 Å². The van der Waals surface area contributed by atoms with Crippen LogP contribution in [0.15, 0.2) is 18.2 Å². The second kappa shape index (κ2) is 7.28. The number of H-pyrrole nitrogens is 1. The van der Waals surface area contributed by atoms with Crippen LogP contribution in [-0.4, -0.2) is 83.7 Å². The molecule has 1 N–H and O–H groups in total. The number of carbonyl (C=O) groups is 1. The van der Waals surface area contributed by atoms with Gasteiger partial charge in [0.15, 0.2) is 11.6 Å². The topological polar surface area (TPSA) is 90.5 Å². The van der Waals surface area contributed by atoms with Crippen molar-refractivity contribution in [1.29, 1.82) is 0 Å². The summed E-state index contributed by atoms with van der Waals surface area (Å²) < 4.78 is 5.37. The van der Waals surface area contributed by atoms with Gasteiger partial charge in [-0.25, -0.2) is 0 Å². The summed E-state index contributed by atoms with van der Waals surface area (Å²) in [5, 5.41) is 15.6. The number of hydrogen-bond acceptors (Lipinski definition) is 7. The van der Waals surface area contributed by atoms with Gasteiger partial charge in [0.2, 0.25) is 0 Å². The van der Waals surface area contributed by atoms with Crippen molar-refractivity contribution in [1.82, 2.24) is 25.3 Å². The van der Waals surface area contributed by atoms with Gasteiger partial charge in [-0.3, -0.25) is 9.89 Å². The third kappa shape index (κ3) is 3.48. The van der Waals surface area contributed by atoms with E-state index in [4.69, 9.17) is 4.74 Å². The molecule has 138 valence electrons. The van der Waals surface area contributed by atoms with Crippen molar-refractivity contribution in [2.75, 3.05) is 62.3 Å². The largest absolute Gasteiger partial charge is 0.378 e. The molecule has 0 spiro atoms. The number of aromatic nitrogens is 4. The summed E-state index contributed by atoms with van der Waals surface area (Å²) in [6, 6.07) is 5.80. The molecule has 2 aliphatic rings. The Kier molecular flexibility index (Phi) is 4.70. The van der Waals surface area contributed by atoms with E-state index in [2.05, 4.69) is 30.2 Å². The molecule has 2 saturated heterocycles. The molecule has 0 atom stereocenters. The minimum Gasteiger partial charge on any atom is -0.378 e. The molecule has 2 aliphatic heterocycles. The quantitative estimate of drug-likeness (QED) is 0.845. The van der Waals surface area contributed by atoms with Crippen molar-refractivity contribution in [3.63, 3.8) is 0 Å². The fourth-order valence-corrected chi connectivity index (χ4v) is 3.28. The van der Waals surface area contributed by atoms with Crippen molar-refractivity contribution in [2.45, 2.75) is 6.92 Å². The maximum absolute atomic E-state index is 12.5. The summed E-state index contributed by atoms with van der Waals surface area (Å²) >= 11 is 0. The number of hydrogen-bond donors (Lipinski definition) is 1. The summed E-state index contributed by atoms with van der Waals surface area (Å²) in [5.41, 5.74) is 1.37. The van der Waals surface area contributed by atoms with Crippen molar-refractivity contribution >= 4 is 17.5 Å². The molecule has 2 fully saturated rings. The molecule has 2 aromatic heterocycles. The lowest BCUT2D eigenvalue weighted by Crippen LogP contribution is -2.49. The molecule has 0 aromatic carbocycles. The molecule has 4 rings (SSSR count). The van der Waals surface area contributed by atoms with E-state index in [9.17, 15) is 4.79 Å². The minimum atomic E-state index is -0.0252. The number of morpholine rings is 1. The van der Waals surface area contributed by atoms with E-state index in [-0.39, 0.29) is 5.91 Å². The Morgan fingerprint density at radius 2 is 1.62 bits per heavy atom. The fraction of sp³-hybridized carbons (Fsp3) is 0.529. The van der Waals surface area contributed by atoms with E-state index >= 15 is 0 Å². The number of anilines is 2. The van der Waals surface area contributed by atoms with Crippen LogP contribution >= 0.6 is 0 Å². The van der Waals surface area contributed by atoms with Crippen molar-refractivity contribution < 1.29 is 9.53 Å². The van der Waals surface area contributed by atoms with Gasteiger partial charge < -0.3 is 19.4 Å². The van der Waals surface area contributed by atoms with Crippen LogP contribution in [-0.2, 0) is 4.74 Å². The third-order valence-electron chi connectivity index (χ3n) is 4.79. The molecule has 4 heterocycles. The lowest BCUT2D eigenvalue weighted by Gasteiger charge is -2.35. The van der Waals surface area contributed by atoms with Crippen molar-refractivity contribution in [3.8, 4) is 0 Å². The molecule has 0 bridgehead atoms. The first-order valence-electron chi connectivity index (χ1n) is 8.93. The zero-order chi connectivity index (χ0) is 17.9. The highest BCUT2D eigenvalue weighted by molar-refractivity contribution is 5.92. The van der Waals surface area contributed by atoms with Gasteiger partial charge in [-0.15, -0.1) is 10.2 Å². The first-order chi connectivity index (χ1) is 12.7. The van der Waals surface area contributed by atoms with Crippen LogP contribution in [0.1, 0.15) is 16.2 Å². The fourth-order valence-electron chi connectivity index (χ4n) is 3.28. The van der Waals surface area contributed by atoms with Gasteiger partial charge in [-0.1, -0.05) is 0 Å². The lowest BCUT2D eigenvalue weighted by molar-refractivity contribution is 0.0740. The summed E-state index contributed by atoms with van der Waals surface area (Å²) in [6.07, 6.45) is 0. The Labute approximate surface area is 151 Å². The standard InChI is InChI=1S/C17H23N7O2/c1-13-12-14(19-18-13)17(25)24-6-4-22(5-7-24)15-2-3-16(21-20-15)23-8-10-26-11-9-23/h2-3,12H,4-11H2,1H3,(H,18,19).